The van der Waals surface area contributed by atoms with Gasteiger partial charge in [-0.3, -0.25) is 9.89 Å². The lowest BCUT2D eigenvalue weighted by molar-refractivity contribution is 0.0692. The van der Waals surface area contributed by atoms with E-state index in [1.54, 1.807) is 17.9 Å². The molecule has 0 saturated carbocycles. The predicted octanol–water partition coefficient (Wildman–Crippen LogP) is 0.716. The lowest BCUT2D eigenvalue weighted by Gasteiger charge is -2.33. The molecule has 0 bridgehead atoms. The summed E-state index contributed by atoms with van der Waals surface area (Å²) in [6.07, 6.45) is 0.850. The Hall–Kier alpha value is -1.41. The van der Waals surface area contributed by atoms with E-state index in [1.807, 2.05) is 0 Å². The second-order valence-electron chi connectivity index (χ2n) is 5.97. The number of sulfonamides is 1. The van der Waals surface area contributed by atoms with Gasteiger partial charge in [-0.2, -0.15) is 9.40 Å². The summed E-state index contributed by atoms with van der Waals surface area (Å²) in [4.78, 5) is 14.1. The largest absolute Gasteiger partial charge is 0.335 e. The van der Waals surface area contributed by atoms with Crippen LogP contribution in [0.3, 0.4) is 0 Å². The van der Waals surface area contributed by atoms with Crippen molar-refractivity contribution in [2.75, 3.05) is 31.9 Å². The molecular weight excluding hydrogens is 304 g/mol. The predicted molar refractivity (Wildman–Crippen MR) is 84.1 cm³/mol. The molecule has 1 aromatic rings. The van der Waals surface area contributed by atoms with E-state index in [0.29, 0.717) is 37.8 Å². The Morgan fingerprint density at radius 1 is 1.32 bits per heavy atom. The lowest BCUT2D eigenvalue weighted by atomic mass is 10.1. The van der Waals surface area contributed by atoms with Gasteiger partial charge in [0.05, 0.1) is 5.75 Å². The Bertz CT molecular complexity index is 616. The minimum absolute atomic E-state index is 0.0961. The average Bonchev–Trinajstić information content (AvgIpc) is 2.94. The van der Waals surface area contributed by atoms with Crippen molar-refractivity contribution in [3.8, 4) is 0 Å². The molecular formula is C14H24N4O3S. The van der Waals surface area contributed by atoms with Gasteiger partial charge >= 0.3 is 0 Å². The van der Waals surface area contributed by atoms with Crippen molar-refractivity contribution in [1.29, 1.82) is 0 Å². The van der Waals surface area contributed by atoms with Crippen LogP contribution in [0.15, 0.2) is 6.07 Å². The molecule has 8 heteroatoms. The summed E-state index contributed by atoms with van der Waals surface area (Å²) in [5, 5.41) is 6.98. The van der Waals surface area contributed by atoms with E-state index in [9.17, 15) is 13.2 Å². The van der Waals surface area contributed by atoms with Gasteiger partial charge in [-0.15, -0.1) is 0 Å². The van der Waals surface area contributed by atoms with Gasteiger partial charge in [-0.25, -0.2) is 8.42 Å². The van der Waals surface area contributed by atoms with Crippen LogP contribution in [0.1, 0.15) is 37.0 Å². The third-order valence-corrected chi connectivity index (χ3v) is 5.64. The van der Waals surface area contributed by atoms with Crippen LogP contribution in [-0.2, 0) is 16.4 Å². The van der Waals surface area contributed by atoms with Gasteiger partial charge in [0.15, 0.2) is 0 Å². The van der Waals surface area contributed by atoms with Crippen LogP contribution in [0.5, 0.6) is 0 Å². The maximum atomic E-state index is 12.4. The fourth-order valence-corrected chi connectivity index (χ4v) is 3.61. The van der Waals surface area contributed by atoms with E-state index in [-0.39, 0.29) is 11.7 Å². The van der Waals surface area contributed by atoms with Crippen molar-refractivity contribution in [2.45, 2.75) is 27.2 Å². The lowest BCUT2D eigenvalue weighted by Crippen LogP contribution is -2.50. The quantitative estimate of drug-likeness (QED) is 0.863. The third-order valence-electron chi connectivity index (χ3n) is 3.76. The molecule has 22 heavy (non-hydrogen) atoms. The van der Waals surface area contributed by atoms with Crippen LogP contribution in [0.2, 0.25) is 0 Å². The highest BCUT2D eigenvalue weighted by molar-refractivity contribution is 7.89. The number of piperazine rings is 1. The van der Waals surface area contributed by atoms with Crippen molar-refractivity contribution in [2.24, 2.45) is 5.92 Å². The van der Waals surface area contributed by atoms with Gasteiger partial charge in [0.2, 0.25) is 10.0 Å². The number of nitrogens with zero attached hydrogens (tertiary/aromatic N) is 3. The molecule has 1 fully saturated rings. The number of amides is 1. The normalized spacial score (nSPS) is 17.2. The molecule has 2 rings (SSSR count). The summed E-state index contributed by atoms with van der Waals surface area (Å²) >= 11 is 0. The molecule has 1 aliphatic heterocycles. The molecule has 1 N–H and O–H groups in total. The minimum atomic E-state index is -3.17. The van der Waals surface area contributed by atoms with Crippen molar-refractivity contribution in [3.05, 3.63) is 17.5 Å². The highest BCUT2D eigenvalue weighted by Crippen LogP contribution is 2.12. The molecule has 1 aliphatic rings. The number of hydrogen-bond acceptors (Lipinski definition) is 4. The van der Waals surface area contributed by atoms with Crippen molar-refractivity contribution in [3.63, 3.8) is 0 Å². The first-order valence-electron chi connectivity index (χ1n) is 7.65. The molecule has 2 heterocycles. The Labute approximate surface area is 131 Å². The SMILES string of the molecule is CCS(=O)(=O)N1CCN(C(=O)c2cc(CC(C)C)[nH]n2)CC1. The molecule has 124 valence electrons. The number of rotatable bonds is 5. The summed E-state index contributed by atoms with van der Waals surface area (Å²) in [6, 6.07) is 1.79. The first-order valence-corrected chi connectivity index (χ1v) is 9.25. The average molecular weight is 328 g/mol. The van der Waals surface area contributed by atoms with Gasteiger partial charge in [0.1, 0.15) is 5.69 Å². The first-order chi connectivity index (χ1) is 10.3. The van der Waals surface area contributed by atoms with E-state index < -0.39 is 10.0 Å². The second-order valence-corrected chi connectivity index (χ2v) is 8.23. The summed E-state index contributed by atoms with van der Waals surface area (Å²) in [5.74, 6) is 0.449. The molecule has 1 aromatic heterocycles. The minimum Gasteiger partial charge on any atom is -0.335 e. The van der Waals surface area contributed by atoms with Crippen LogP contribution in [0, 0.1) is 5.92 Å². The number of H-pyrrole nitrogens is 1. The maximum absolute atomic E-state index is 12.4. The molecule has 7 nitrogen and oxygen atoms in total. The van der Waals surface area contributed by atoms with Gasteiger partial charge in [-0.1, -0.05) is 13.8 Å². The van der Waals surface area contributed by atoms with E-state index in [0.717, 1.165) is 12.1 Å². The third kappa shape index (κ3) is 3.86. The van der Waals surface area contributed by atoms with Gasteiger partial charge in [0.25, 0.3) is 5.91 Å². The summed E-state index contributed by atoms with van der Waals surface area (Å²) in [6.45, 7) is 7.36. The van der Waals surface area contributed by atoms with E-state index >= 15 is 0 Å². The van der Waals surface area contributed by atoms with Gasteiger partial charge in [0, 0.05) is 31.9 Å². The molecule has 0 radical (unpaired) electrons. The Kier molecular flexibility index (Phi) is 5.23. The Morgan fingerprint density at radius 3 is 2.50 bits per heavy atom. The standard InChI is InChI=1S/C14H24N4O3S/c1-4-22(20,21)18-7-5-17(6-8-18)14(19)13-10-12(15-16-13)9-11(2)3/h10-11H,4-9H2,1-3H3,(H,15,16). The zero-order valence-corrected chi connectivity index (χ0v) is 14.2. The number of carbonyl (C=O) groups is 1. The first kappa shape index (κ1) is 17.0. The molecule has 0 aromatic carbocycles. The maximum Gasteiger partial charge on any atom is 0.274 e. The number of aromatic amines is 1. The van der Waals surface area contributed by atoms with Crippen LogP contribution in [0.4, 0.5) is 0 Å². The molecule has 1 saturated heterocycles. The fourth-order valence-electron chi connectivity index (χ4n) is 2.53. The number of hydrogen-bond donors (Lipinski definition) is 1. The van der Waals surface area contributed by atoms with Crippen LogP contribution < -0.4 is 0 Å². The number of aromatic nitrogens is 2. The highest BCUT2D eigenvalue weighted by atomic mass is 32.2. The Morgan fingerprint density at radius 2 is 1.95 bits per heavy atom. The molecule has 0 atom stereocenters. The summed E-state index contributed by atoms with van der Waals surface area (Å²) < 4.78 is 25.1. The smallest absolute Gasteiger partial charge is 0.274 e. The number of nitrogens with one attached hydrogen (secondary N) is 1. The van der Waals surface area contributed by atoms with E-state index in [1.165, 1.54) is 4.31 Å². The Balaban J connectivity index is 1.96. The zero-order chi connectivity index (χ0) is 16.3. The number of carbonyl (C=O) groups excluding carboxylic acids is 1. The van der Waals surface area contributed by atoms with E-state index in [2.05, 4.69) is 24.0 Å². The van der Waals surface area contributed by atoms with Crippen LogP contribution in [-0.4, -0.2) is 65.7 Å². The zero-order valence-electron chi connectivity index (χ0n) is 13.4. The fraction of sp³-hybridized carbons (Fsp3) is 0.714. The monoisotopic (exact) mass is 328 g/mol. The highest BCUT2D eigenvalue weighted by Gasteiger charge is 2.28. The van der Waals surface area contributed by atoms with Gasteiger partial charge < -0.3 is 4.90 Å². The van der Waals surface area contributed by atoms with Crippen molar-refractivity contribution < 1.29 is 13.2 Å². The molecule has 1 amide bonds. The van der Waals surface area contributed by atoms with Crippen molar-refractivity contribution in [1.82, 2.24) is 19.4 Å². The topological polar surface area (TPSA) is 86.4 Å². The van der Waals surface area contributed by atoms with Crippen LogP contribution in [0.25, 0.3) is 0 Å². The van der Waals surface area contributed by atoms with Crippen molar-refractivity contribution >= 4 is 15.9 Å². The van der Waals surface area contributed by atoms with E-state index in [4.69, 9.17) is 0 Å². The molecule has 0 aliphatic carbocycles. The second kappa shape index (κ2) is 6.78. The van der Waals surface area contributed by atoms with Gasteiger partial charge in [-0.05, 0) is 25.3 Å². The van der Waals surface area contributed by atoms with Crippen LogP contribution >= 0.6 is 0 Å². The summed E-state index contributed by atoms with van der Waals surface area (Å²) in [7, 11) is -3.17. The molecule has 0 spiro atoms. The summed E-state index contributed by atoms with van der Waals surface area (Å²) in [5.41, 5.74) is 1.35. The molecule has 0 unspecified atom stereocenters.